The minimum Gasteiger partial charge on any atom is -0.279 e. The molecule has 2 aromatic carbocycles. The second kappa shape index (κ2) is 6.48. The van der Waals surface area contributed by atoms with Crippen molar-refractivity contribution in [3.63, 3.8) is 0 Å². The predicted octanol–water partition coefficient (Wildman–Crippen LogP) is 4.25. The fourth-order valence-corrected chi connectivity index (χ4v) is 4.67. The van der Waals surface area contributed by atoms with Crippen molar-refractivity contribution in [2.24, 2.45) is 0 Å². The zero-order valence-corrected chi connectivity index (χ0v) is 16.0. The largest absolute Gasteiger partial charge is 0.279 e. The summed E-state index contributed by atoms with van der Waals surface area (Å²) in [6.07, 6.45) is 0. The van der Waals surface area contributed by atoms with Crippen LogP contribution in [0.4, 0.5) is 11.4 Å². The first-order valence-corrected chi connectivity index (χ1v) is 9.30. The van der Waals surface area contributed by atoms with Crippen LogP contribution in [0.3, 0.4) is 0 Å². The van der Waals surface area contributed by atoms with Crippen LogP contribution in [0.2, 0.25) is 0 Å². The third kappa shape index (κ3) is 3.51. The van der Waals surface area contributed by atoms with Gasteiger partial charge in [0.25, 0.3) is 15.7 Å². The summed E-state index contributed by atoms with van der Waals surface area (Å²) in [5.41, 5.74) is 4.35. The maximum absolute atomic E-state index is 13.0. The average molecular weight is 362 g/mol. The fourth-order valence-electron chi connectivity index (χ4n) is 2.93. The number of hydrogen-bond acceptors (Lipinski definition) is 4. The minimum absolute atomic E-state index is 0.114. The third-order valence-electron chi connectivity index (χ3n) is 4.55. The van der Waals surface area contributed by atoms with Crippen LogP contribution in [0.5, 0.6) is 0 Å². The van der Waals surface area contributed by atoms with Gasteiger partial charge in [-0.3, -0.25) is 14.8 Å². The highest BCUT2D eigenvalue weighted by Crippen LogP contribution is 2.31. The number of benzene rings is 2. The lowest BCUT2D eigenvalue weighted by Crippen LogP contribution is -2.18. The van der Waals surface area contributed by atoms with Gasteiger partial charge in [-0.05, 0) is 75.4 Å². The Morgan fingerprint density at radius 3 is 1.80 bits per heavy atom. The van der Waals surface area contributed by atoms with E-state index in [2.05, 4.69) is 4.72 Å². The smallest absolute Gasteiger partial charge is 0.274 e. The molecule has 0 bridgehead atoms. The Labute approximate surface area is 148 Å². The van der Waals surface area contributed by atoms with E-state index in [1.54, 1.807) is 33.8 Å². The Hall–Kier alpha value is -2.41. The number of nitrogens with zero attached hydrogens (tertiary/aromatic N) is 1. The molecule has 0 aromatic heterocycles. The fraction of sp³-hybridized carbons (Fsp3) is 0.333. The molecule has 0 heterocycles. The van der Waals surface area contributed by atoms with Crippen molar-refractivity contribution in [2.75, 3.05) is 4.72 Å². The first-order chi connectivity index (χ1) is 11.5. The summed E-state index contributed by atoms with van der Waals surface area (Å²) < 4.78 is 28.5. The Balaban J connectivity index is 2.62. The molecule has 0 fully saturated rings. The summed E-state index contributed by atoms with van der Waals surface area (Å²) in [6.45, 7) is 10.6. The van der Waals surface area contributed by atoms with Crippen LogP contribution in [0.1, 0.15) is 33.4 Å². The molecular weight excluding hydrogens is 340 g/mol. The van der Waals surface area contributed by atoms with E-state index in [-0.39, 0.29) is 16.3 Å². The van der Waals surface area contributed by atoms with Crippen molar-refractivity contribution >= 4 is 21.4 Å². The van der Waals surface area contributed by atoms with E-state index in [1.807, 2.05) is 19.9 Å². The summed E-state index contributed by atoms with van der Waals surface area (Å²) in [5, 5.41) is 11.1. The second-order valence-electron chi connectivity index (χ2n) is 6.41. The highest BCUT2D eigenvalue weighted by atomic mass is 32.2. The zero-order chi connectivity index (χ0) is 19.1. The molecule has 0 atom stereocenters. The summed E-state index contributed by atoms with van der Waals surface area (Å²) >= 11 is 0. The van der Waals surface area contributed by atoms with E-state index in [4.69, 9.17) is 0 Å². The number of hydrogen-bond donors (Lipinski definition) is 1. The summed E-state index contributed by atoms with van der Waals surface area (Å²) in [5.74, 6) is 0. The summed E-state index contributed by atoms with van der Waals surface area (Å²) in [7, 11) is -3.87. The van der Waals surface area contributed by atoms with E-state index in [0.29, 0.717) is 22.3 Å². The van der Waals surface area contributed by atoms with Gasteiger partial charge in [-0.15, -0.1) is 0 Å². The van der Waals surface area contributed by atoms with Gasteiger partial charge < -0.3 is 0 Å². The van der Waals surface area contributed by atoms with E-state index >= 15 is 0 Å². The molecule has 0 aliphatic carbocycles. The van der Waals surface area contributed by atoms with Crippen LogP contribution in [0.15, 0.2) is 23.1 Å². The van der Waals surface area contributed by atoms with E-state index in [9.17, 15) is 18.5 Å². The number of nitrogens with one attached hydrogen (secondary N) is 1. The maximum Gasteiger partial charge on any atom is 0.274 e. The highest BCUT2D eigenvalue weighted by Gasteiger charge is 2.24. The quantitative estimate of drug-likeness (QED) is 0.650. The monoisotopic (exact) mass is 362 g/mol. The van der Waals surface area contributed by atoms with Crippen LogP contribution in [0, 0.1) is 51.7 Å². The number of nitro benzene ring substituents is 1. The first-order valence-electron chi connectivity index (χ1n) is 7.81. The lowest BCUT2D eigenvalue weighted by Gasteiger charge is -2.17. The van der Waals surface area contributed by atoms with Crippen molar-refractivity contribution in [3.05, 3.63) is 61.7 Å². The van der Waals surface area contributed by atoms with Crippen LogP contribution in [-0.4, -0.2) is 13.3 Å². The number of nitro groups is 1. The van der Waals surface area contributed by atoms with Gasteiger partial charge in [0.05, 0.1) is 15.5 Å². The summed E-state index contributed by atoms with van der Waals surface area (Å²) in [4.78, 5) is 10.9. The maximum atomic E-state index is 13.0. The van der Waals surface area contributed by atoms with E-state index in [0.717, 1.165) is 11.1 Å². The van der Waals surface area contributed by atoms with Gasteiger partial charge in [-0.25, -0.2) is 8.42 Å². The second-order valence-corrected chi connectivity index (χ2v) is 8.02. The van der Waals surface area contributed by atoms with Gasteiger partial charge in [0.1, 0.15) is 0 Å². The Morgan fingerprint density at radius 2 is 1.32 bits per heavy atom. The molecule has 0 aliphatic heterocycles. The SMILES string of the molecule is Cc1cc(C)c([N+](=O)[O-])cc1NS(=O)(=O)c1c(C)c(C)cc(C)c1C. The molecule has 2 aromatic rings. The molecular formula is C18H22N2O4S. The number of rotatable bonds is 4. The van der Waals surface area contributed by atoms with Crippen molar-refractivity contribution < 1.29 is 13.3 Å². The van der Waals surface area contributed by atoms with Gasteiger partial charge in [-0.2, -0.15) is 0 Å². The van der Waals surface area contributed by atoms with Crippen LogP contribution in [-0.2, 0) is 10.0 Å². The number of anilines is 1. The van der Waals surface area contributed by atoms with Crippen molar-refractivity contribution in [1.82, 2.24) is 0 Å². The average Bonchev–Trinajstić information content (AvgIpc) is 2.47. The van der Waals surface area contributed by atoms with Gasteiger partial charge in [0.15, 0.2) is 0 Å². The zero-order valence-electron chi connectivity index (χ0n) is 15.2. The van der Waals surface area contributed by atoms with Crippen LogP contribution >= 0.6 is 0 Å². The molecule has 0 amide bonds. The predicted molar refractivity (Wildman–Crippen MR) is 98.8 cm³/mol. The molecule has 0 saturated carbocycles. The van der Waals surface area contributed by atoms with Crippen molar-refractivity contribution in [3.8, 4) is 0 Å². The Kier molecular flexibility index (Phi) is 4.90. The van der Waals surface area contributed by atoms with Crippen LogP contribution < -0.4 is 4.72 Å². The highest BCUT2D eigenvalue weighted by molar-refractivity contribution is 7.92. The normalized spacial score (nSPS) is 11.4. The molecule has 0 saturated heterocycles. The van der Waals surface area contributed by atoms with Gasteiger partial charge in [0.2, 0.25) is 0 Å². The third-order valence-corrected chi connectivity index (χ3v) is 6.19. The standard InChI is InChI=1S/C18H22N2O4S/c1-10-7-11(2)15(6)18(14(10)5)25(23,24)19-16-9-17(20(21)22)13(4)8-12(16)3/h7-9,19H,1-6H3. The minimum atomic E-state index is -3.87. The molecule has 6 nitrogen and oxygen atoms in total. The molecule has 2 rings (SSSR count). The van der Waals surface area contributed by atoms with Gasteiger partial charge in [-0.1, -0.05) is 6.07 Å². The van der Waals surface area contributed by atoms with Crippen LogP contribution in [0.25, 0.3) is 0 Å². The molecule has 25 heavy (non-hydrogen) atoms. The lowest BCUT2D eigenvalue weighted by molar-refractivity contribution is -0.385. The van der Waals surface area contributed by atoms with Crippen molar-refractivity contribution in [1.29, 1.82) is 0 Å². The molecule has 0 radical (unpaired) electrons. The molecule has 0 unspecified atom stereocenters. The molecule has 0 aliphatic rings. The first kappa shape index (κ1) is 18.9. The van der Waals surface area contributed by atoms with E-state index < -0.39 is 14.9 Å². The van der Waals surface area contributed by atoms with Crippen molar-refractivity contribution in [2.45, 2.75) is 46.4 Å². The van der Waals surface area contributed by atoms with Gasteiger partial charge in [0, 0.05) is 11.6 Å². The Morgan fingerprint density at radius 1 is 0.840 bits per heavy atom. The Bertz CT molecular complexity index is 953. The number of aryl methyl sites for hydroxylation is 4. The van der Waals surface area contributed by atoms with Gasteiger partial charge >= 0.3 is 0 Å². The molecule has 0 spiro atoms. The molecule has 134 valence electrons. The molecule has 7 heteroatoms. The number of sulfonamides is 1. The topological polar surface area (TPSA) is 89.3 Å². The molecule has 1 N–H and O–H groups in total. The summed E-state index contributed by atoms with van der Waals surface area (Å²) in [6, 6.07) is 4.83. The van der Waals surface area contributed by atoms with E-state index in [1.165, 1.54) is 6.07 Å². The lowest BCUT2D eigenvalue weighted by atomic mass is 10.0.